The van der Waals surface area contributed by atoms with Crippen molar-refractivity contribution in [3.8, 4) is 0 Å². The molecule has 2 aromatic rings. The van der Waals surface area contributed by atoms with Crippen molar-refractivity contribution in [2.24, 2.45) is 0 Å². The Kier molecular flexibility index (Phi) is 6.87. The summed E-state index contributed by atoms with van der Waals surface area (Å²) in [6.07, 6.45) is 4.01. The van der Waals surface area contributed by atoms with Gasteiger partial charge in [0.1, 0.15) is 11.2 Å². The molecule has 0 bridgehead atoms. The molecular weight excluding hydrogens is 454 g/mol. The Bertz CT molecular complexity index is 918. The number of carbonyl (C=O) groups excluding carboxylic acids is 2. The molecule has 1 aliphatic rings. The molecule has 0 saturated carbocycles. The number of aromatic amines is 1. The number of hydrogen-bond donors (Lipinski definition) is 3. The maximum absolute atomic E-state index is 13.3. The third-order valence-corrected chi connectivity index (χ3v) is 5.19. The number of ether oxygens (including phenoxy) is 2. The average Bonchev–Trinajstić information content (AvgIpc) is 3.06. The van der Waals surface area contributed by atoms with Crippen LogP contribution in [0.2, 0.25) is 0 Å². The molecule has 3 N–H and O–H groups in total. The summed E-state index contributed by atoms with van der Waals surface area (Å²) in [5.41, 5.74) is 0.957. The van der Waals surface area contributed by atoms with Gasteiger partial charge in [-0.2, -0.15) is 0 Å². The number of aromatic nitrogens is 2. The molecule has 3 rings (SSSR count). The maximum Gasteiger partial charge on any atom is 0.415 e. The number of nitrogens with zero attached hydrogens (tertiary/aromatic N) is 2. The highest BCUT2D eigenvalue weighted by Crippen LogP contribution is 2.40. The van der Waals surface area contributed by atoms with Crippen LogP contribution in [0.15, 0.2) is 16.9 Å². The van der Waals surface area contributed by atoms with E-state index in [-0.39, 0.29) is 12.6 Å². The zero-order valence-corrected chi connectivity index (χ0v) is 19.3. The molecule has 2 aromatic heterocycles. The van der Waals surface area contributed by atoms with Gasteiger partial charge in [0.15, 0.2) is 0 Å². The Hall–Kier alpha value is -2.33. The van der Waals surface area contributed by atoms with Crippen molar-refractivity contribution in [2.75, 3.05) is 29.9 Å². The highest BCUT2D eigenvalue weighted by Gasteiger charge is 2.34. The Morgan fingerprint density at radius 2 is 2.17 bits per heavy atom. The van der Waals surface area contributed by atoms with Crippen LogP contribution in [0.1, 0.15) is 40.5 Å². The van der Waals surface area contributed by atoms with Crippen molar-refractivity contribution in [3.63, 3.8) is 0 Å². The van der Waals surface area contributed by atoms with E-state index in [9.17, 15) is 9.59 Å². The summed E-state index contributed by atoms with van der Waals surface area (Å²) < 4.78 is 11.4. The van der Waals surface area contributed by atoms with E-state index in [4.69, 9.17) is 9.47 Å². The van der Waals surface area contributed by atoms with Gasteiger partial charge >= 0.3 is 12.2 Å². The Morgan fingerprint density at radius 3 is 2.80 bits per heavy atom. The highest BCUT2D eigenvalue weighted by atomic mass is 79.9. The van der Waals surface area contributed by atoms with Gasteiger partial charge in [-0.05, 0) is 63.0 Å². The molecule has 1 aliphatic heterocycles. The lowest BCUT2D eigenvalue weighted by atomic mass is 10.0. The van der Waals surface area contributed by atoms with E-state index >= 15 is 0 Å². The summed E-state index contributed by atoms with van der Waals surface area (Å²) in [7, 11) is 0. The summed E-state index contributed by atoms with van der Waals surface area (Å²) in [5.74, 6) is 0. The van der Waals surface area contributed by atoms with Crippen LogP contribution in [0.5, 0.6) is 0 Å². The van der Waals surface area contributed by atoms with E-state index in [0.717, 1.165) is 19.4 Å². The van der Waals surface area contributed by atoms with Crippen molar-refractivity contribution in [1.29, 1.82) is 0 Å². The van der Waals surface area contributed by atoms with Crippen LogP contribution in [0.3, 0.4) is 0 Å². The molecule has 0 spiro atoms. The minimum absolute atomic E-state index is 0.110. The molecule has 10 heteroatoms. The van der Waals surface area contributed by atoms with Crippen molar-refractivity contribution < 1.29 is 19.1 Å². The maximum atomic E-state index is 13.3. The van der Waals surface area contributed by atoms with Crippen molar-refractivity contribution >= 4 is 50.5 Å². The molecular formula is C20H28BrN5O4. The smallest absolute Gasteiger partial charge is 0.415 e. The second-order valence-corrected chi connectivity index (χ2v) is 8.93. The first-order valence-electron chi connectivity index (χ1n) is 10.0. The standard InChI is InChI=1S/C20H28BrN5O4/c1-5-29-18(27)25-14-11-24-17-15(14)16(13(21)10-23-17)26(12-7-6-8-22-9-12)19(28)30-20(2,3)4/h10-12,22H,5-9H2,1-4H3,(H,23,24)(H,25,27)/t12-/m1/s1. The molecule has 3 heterocycles. The number of carbonyl (C=O) groups is 2. The molecule has 2 amide bonds. The lowest BCUT2D eigenvalue weighted by Crippen LogP contribution is -2.50. The predicted molar refractivity (Wildman–Crippen MR) is 119 cm³/mol. The first-order chi connectivity index (χ1) is 14.2. The fourth-order valence-electron chi connectivity index (χ4n) is 3.45. The molecule has 1 saturated heterocycles. The summed E-state index contributed by atoms with van der Waals surface area (Å²) in [5, 5.41) is 6.69. The quantitative estimate of drug-likeness (QED) is 0.597. The second kappa shape index (κ2) is 9.22. The number of rotatable bonds is 4. The molecule has 1 atom stereocenters. The first-order valence-corrected chi connectivity index (χ1v) is 10.8. The number of anilines is 2. The lowest BCUT2D eigenvalue weighted by molar-refractivity contribution is 0.0560. The van der Waals surface area contributed by atoms with Gasteiger partial charge in [-0.1, -0.05) is 0 Å². The highest BCUT2D eigenvalue weighted by molar-refractivity contribution is 9.10. The number of pyridine rings is 1. The first kappa shape index (κ1) is 22.4. The monoisotopic (exact) mass is 481 g/mol. The van der Waals surface area contributed by atoms with E-state index in [0.29, 0.717) is 33.4 Å². The fourth-order valence-corrected chi connectivity index (χ4v) is 3.95. The minimum atomic E-state index is -0.653. The van der Waals surface area contributed by atoms with Crippen molar-refractivity contribution in [1.82, 2.24) is 15.3 Å². The SMILES string of the molecule is CCOC(=O)Nc1c[nH]c2ncc(Br)c(N(C(=O)OC(C)(C)C)[C@@H]3CCCNC3)c12. The lowest BCUT2D eigenvalue weighted by Gasteiger charge is -2.36. The zero-order chi connectivity index (χ0) is 21.9. The summed E-state index contributed by atoms with van der Waals surface area (Å²) in [6, 6.07) is -0.110. The molecule has 0 radical (unpaired) electrons. The third kappa shape index (κ3) is 5.04. The van der Waals surface area contributed by atoms with Crippen molar-refractivity contribution in [2.45, 2.75) is 52.2 Å². The van der Waals surface area contributed by atoms with E-state index < -0.39 is 17.8 Å². The third-order valence-electron chi connectivity index (χ3n) is 4.61. The predicted octanol–water partition coefficient (Wildman–Crippen LogP) is 4.39. The van der Waals surface area contributed by atoms with Gasteiger partial charge in [0.25, 0.3) is 0 Å². The van der Waals surface area contributed by atoms with E-state index in [2.05, 4.69) is 36.5 Å². The van der Waals surface area contributed by atoms with Gasteiger partial charge in [0, 0.05) is 18.9 Å². The number of hydrogen-bond acceptors (Lipinski definition) is 6. The number of amides is 2. The molecule has 1 fully saturated rings. The number of piperidine rings is 1. The summed E-state index contributed by atoms with van der Waals surface area (Å²) in [6.45, 7) is 9.04. The topological polar surface area (TPSA) is 109 Å². The second-order valence-electron chi connectivity index (χ2n) is 8.08. The van der Waals surface area contributed by atoms with Gasteiger partial charge < -0.3 is 19.8 Å². The molecule has 0 aliphatic carbocycles. The van der Waals surface area contributed by atoms with Crippen LogP contribution in [0, 0.1) is 0 Å². The van der Waals surface area contributed by atoms with Crippen LogP contribution in [0.25, 0.3) is 11.0 Å². The Labute approximate surface area is 184 Å². The van der Waals surface area contributed by atoms with E-state index in [1.807, 2.05) is 20.8 Å². The van der Waals surface area contributed by atoms with Crippen molar-refractivity contribution in [3.05, 3.63) is 16.9 Å². The fraction of sp³-hybridized carbons (Fsp3) is 0.550. The largest absolute Gasteiger partial charge is 0.450 e. The summed E-state index contributed by atoms with van der Waals surface area (Å²) >= 11 is 3.56. The van der Waals surface area contributed by atoms with E-state index in [1.54, 1.807) is 24.2 Å². The van der Waals surface area contributed by atoms with Crippen LogP contribution in [0.4, 0.5) is 21.0 Å². The molecule has 164 valence electrons. The van der Waals surface area contributed by atoms with Crippen LogP contribution < -0.4 is 15.5 Å². The molecule has 0 unspecified atom stereocenters. The number of nitrogens with one attached hydrogen (secondary N) is 3. The molecule has 9 nitrogen and oxygen atoms in total. The minimum Gasteiger partial charge on any atom is -0.450 e. The van der Waals surface area contributed by atoms with Gasteiger partial charge in [-0.3, -0.25) is 10.2 Å². The van der Waals surface area contributed by atoms with Crippen LogP contribution in [-0.2, 0) is 9.47 Å². The number of halogens is 1. The van der Waals surface area contributed by atoms with Gasteiger partial charge in [-0.15, -0.1) is 0 Å². The Balaban J connectivity index is 2.12. The number of fused-ring (bicyclic) bond motifs is 1. The van der Waals surface area contributed by atoms with Crippen LogP contribution >= 0.6 is 15.9 Å². The molecule has 0 aromatic carbocycles. The normalized spacial score (nSPS) is 16.9. The Morgan fingerprint density at radius 1 is 1.40 bits per heavy atom. The van der Waals surface area contributed by atoms with E-state index in [1.165, 1.54) is 0 Å². The average molecular weight is 482 g/mol. The zero-order valence-electron chi connectivity index (χ0n) is 17.7. The van der Waals surface area contributed by atoms with Gasteiger partial charge in [0.05, 0.1) is 33.9 Å². The van der Waals surface area contributed by atoms with Gasteiger partial charge in [-0.25, -0.2) is 14.6 Å². The van der Waals surface area contributed by atoms with Crippen LogP contribution in [-0.4, -0.2) is 53.5 Å². The molecule has 30 heavy (non-hydrogen) atoms. The van der Waals surface area contributed by atoms with Gasteiger partial charge in [0.2, 0.25) is 0 Å². The number of H-pyrrole nitrogens is 1. The summed E-state index contributed by atoms with van der Waals surface area (Å²) in [4.78, 5) is 34.5.